The SMILES string of the molecule is COc1cc(C(=O)NNC(=O)O)ccc1F. The molecule has 3 N–H and O–H groups in total. The Hall–Kier alpha value is -2.31. The van der Waals surface area contributed by atoms with Crippen molar-refractivity contribution < 1.29 is 23.8 Å². The van der Waals surface area contributed by atoms with Crippen LogP contribution < -0.4 is 15.6 Å². The highest BCUT2D eigenvalue weighted by atomic mass is 19.1. The minimum atomic E-state index is -1.40. The molecule has 1 aromatic carbocycles. The molecule has 0 spiro atoms. The summed E-state index contributed by atoms with van der Waals surface area (Å²) in [4.78, 5) is 21.4. The van der Waals surface area contributed by atoms with E-state index in [2.05, 4.69) is 4.74 Å². The van der Waals surface area contributed by atoms with Crippen LogP contribution in [0, 0.1) is 5.82 Å². The molecule has 1 rings (SSSR count). The first-order valence-electron chi connectivity index (χ1n) is 4.17. The molecule has 0 bridgehead atoms. The highest BCUT2D eigenvalue weighted by molar-refractivity contribution is 5.95. The first kappa shape index (κ1) is 11.8. The zero-order chi connectivity index (χ0) is 12.1. The van der Waals surface area contributed by atoms with Crippen LogP contribution in [0.5, 0.6) is 5.75 Å². The van der Waals surface area contributed by atoms with Gasteiger partial charge < -0.3 is 9.84 Å². The quantitative estimate of drug-likeness (QED) is 0.651. The van der Waals surface area contributed by atoms with Gasteiger partial charge in [0.2, 0.25) is 0 Å². The van der Waals surface area contributed by atoms with E-state index in [9.17, 15) is 14.0 Å². The number of hydrogen-bond acceptors (Lipinski definition) is 3. The molecule has 0 aliphatic carbocycles. The predicted molar refractivity (Wildman–Crippen MR) is 51.6 cm³/mol. The lowest BCUT2D eigenvalue weighted by Gasteiger charge is -2.06. The zero-order valence-electron chi connectivity index (χ0n) is 8.28. The highest BCUT2D eigenvalue weighted by Gasteiger charge is 2.10. The van der Waals surface area contributed by atoms with Crippen molar-refractivity contribution in [3.63, 3.8) is 0 Å². The van der Waals surface area contributed by atoms with Gasteiger partial charge in [-0.05, 0) is 18.2 Å². The maximum atomic E-state index is 13.0. The van der Waals surface area contributed by atoms with E-state index in [0.717, 1.165) is 12.1 Å². The number of carbonyl (C=O) groups is 2. The van der Waals surface area contributed by atoms with Crippen molar-refractivity contribution in [2.24, 2.45) is 0 Å². The summed E-state index contributed by atoms with van der Waals surface area (Å²) in [7, 11) is 1.26. The topological polar surface area (TPSA) is 87.7 Å². The van der Waals surface area contributed by atoms with Crippen LogP contribution >= 0.6 is 0 Å². The molecular formula is C9H9FN2O4. The molecule has 0 heterocycles. The molecule has 0 aromatic heterocycles. The fourth-order valence-electron chi connectivity index (χ4n) is 0.983. The number of hydrazine groups is 1. The molecule has 16 heavy (non-hydrogen) atoms. The van der Waals surface area contributed by atoms with Crippen molar-refractivity contribution in [2.45, 2.75) is 0 Å². The maximum Gasteiger partial charge on any atom is 0.423 e. The smallest absolute Gasteiger partial charge is 0.423 e. The van der Waals surface area contributed by atoms with Crippen LogP contribution in [-0.4, -0.2) is 24.2 Å². The second-order valence-corrected chi connectivity index (χ2v) is 2.73. The van der Waals surface area contributed by atoms with E-state index in [1.165, 1.54) is 13.2 Å². The Bertz CT molecular complexity index is 422. The van der Waals surface area contributed by atoms with Crippen molar-refractivity contribution in [1.82, 2.24) is 10.9 Å². The van der Waals surface area contributed by atoms with Crippen LogP contribution in [0.4, 0.5) is 9.18 Å². The largest absolute Gasteiger partial charge is 0.494 e. The van der Waals surface area contributed by atoms with Gasteiger partial charge >= 0.3 is 6.09 Å². The molecule has 0 aliphatic rings. The van der Waals surface area contributed by atoms with Crippen LogP contribution in [0.2, 0.25) is 0 Å². The zero-order valence-corrected chi connectivity index (χ0v) is 8.28. The average molecular weight is 228 g/mol. The predicted octanol–water partition coefficient (Wildman–Crippen LogP) is 0.747. The van der Waals surface area contributed by atoms with Crippen LogP contribution in [0.3, 0.4) is 0 Å². The first-order valence-corrected chi connectivity index (χ1v) is 4.17. The van der Waals surface area contributed by atoms with Crippen molar-refractivity contribution in [2.75, 3.05) is 7.11 Å². The third-order valence-electron chi connectivity index (χ3n) is 1.70. The summed E-state index contributed by atoms with van der Waals surface area (Å²) in [5, 5.41) is 8.24. The fourth-order valence-corrected chi connectivity index (χ4v) is 0.983. The van der Waals surface area contributed by atoms with E-state index < -0.39 is 17.8 Å². The third kappa shape index (κ3) is 2.84. The van der Waals surface area contributed by atoms with Gasteiger partial charge in [0.15, 0.2) is 11.6 Å². The number of nitrogens with one attached hydrogen (secondary N) is 2. The van der Waals surface area contributed by atoms with Gasteiger partial charge in [0.05, 0.1) is 7.11 Å². The van der Waals surface area contributed by atoms with E-state index in [1.54, 1.807) is 5.43 Å². The van der Waals surface area contributed by atoms with E-state index in [0.29, 0.717) is 0 Å². The summed E-state index contributed by atoms with van der Waals surface area (Å²) < 4.78 is 17.7. The number of amides is 2. The molecule has 1 aromatic rings. The highest BCUT2D eigenvalue weighted by Crippen LogP contribution is 2.17. The van der Waals surface area contributed by atoms with Gasteiger partial charge in [-0.2, -0.15) is 0 Å². The number of rotatable bonds is 2. The molecule has 0 fully saturated rings. The number of hydrogen-bond donors (Lipinski definition) is 3. The summed E-state index contributed by atoms with van der Waals surface area (Å²) in [6.45, 7) is 0. The Labute approximate surface area is 90.0 Å². The fraction of sp³-hybridized carbons (Fsp3) is 0.111. The van der Waals surface area contributed by atoms with Crippen LogP contribution in [0.1, 0.15) is 10.4 Å². The number of carbonyl (C=O) groups excluding carboxylic acids is 1. The van der Waals surface area contributed by atoms with Crippen molar-refractivity contribution in [1.29, 1.82) is 0 Å². The Balaban J connectivity index is 2.80. The summed E-state index contributed by atoms with van der Waals surface area (Å²) in [5.41, 5.74) is 3.66. The molecule has 0 saturated heterocycles. The van der Waals surface area contributed by atoms with Gasteiger partial charge in [0, 0.05) is 5.56 Å². The van der Waals surface area contributed by atoms with Crippen molar-refractivity contribution in [3.05, 3.63) is 29.6 Å². The Kier molecular flexibility index (Phi) is 3.65. The molecular weight excluding hydrogens is 219 g/mol. The molecule has 86 valence electrons. The maximum absolute atomic E-state index is 13.0. The van der Waals surface area contributed by atoms with Gasteiger partial charge in [-0.3, -0.25) is 10.2 Å². The molecule has 0 atom stereocenters. The average Bonchev–Trinajstić information content (AvgIpc) is 2.26. The third-order valence-corrected chi connectivity index (χ3v) is 1.70. The molecule has 0 unspecified atom stereocenters. The Morgan fingerprint density at radius 3 is 2.62 bits per heavy atom. The lowest BCUT2D eigenvalue weighted by molar-refractivity contribution is 0.0926. The van der Waals surface area contributed by atoms with E-state index in [-0.39, 0.29) is 11.3 Å². The molecule has 0 radical (unpaired) electrons. The molecule has 0 aliphatic heterocycles. The Morgan fingerprint density at radius 2 is 2.06 bits per heavy atom. The van der Waals surface area contributed by atoms with Gasteiger partial charge in [-0.25, -0.2) is 14.6 Å². The standard InChI is InChI=1S/C9H9FN2O4/c1-16-7-4-5(2-3-6(7)10)8(13)11-12-9(14)15/h2-4,12H,1H3,(H,11,13)(H,14,15). The number of methoxy groups -OCH3 is 1. The minimum absolute atomic E-state index is 0.0759. The summed E-state index contributed by atoms with van der Waals surface area (Å²) in [6, 6.07) is 3.42. The number of halogens is 1. The Morgan fingerprint density at radius 1 is 1.38 bits per heavy atom. The number of benzene rings is 1. The lowest BCUT2D eigenvalue weighted by Crippen LogP contribution is -2.40. The monoisotopic (exact) mass is 228 g/mol. The second-order valence-electron chi connectivity index (χ2n) is 2.73. The number of carboxylic acid groups (broad SMARTS) is 1. The van der Waals surface area contributed by atoms with E-state index in [4.69, 9.17) is 5.11 Å². The van der Waals surface area contributed by atoms with Gasteiger partial charge in [-0.1, -0.05) is 0 Å². The van der Waals surface area contributed by atoms with Crippen LogP contribution in [-0.2, 0) is 0 Å². The second kappa shape index (κ2) is 4.96. The summed E-state index contributed by atoms with van der Waals surface area (Å²) >= 11 is 0. The minimum Gasteiger partial charge on any atom is -0.494 e. The summed E-state index contributed by atoms with van der Waals surface area (Å²) in [5.74, 6) is -1.41. The van der Waals surface area contributed by atoms with Crippen LogP contribution in [0.15, 0.2) is 18.2 Å². The van der Waals surface area contributed by atoms with Crippen LogP contribution in [0.25, 0.3) is 0 Å². The van der Waals surface area contributed by atoms with Gasteiger partial charge in [0.25, 0.3) is 5.91 Å². The van der Waals surface area contributed by atoms with Gasteiger partial charge in [0.1, 0.15) is 0 Å². The first-order chi connectivity index (χ1) is 7.54. The van der Waals surface area contributed by atoms with Gasteiger partial charge in [-0.15, -0.1) is 0 Å². The lowest BCUT2D eigenvalue weighted by atomic mass is 10.2. The van der Waals surface area contributed by atoms with E-state index in [1.807, 2.05) is 5.43 Å². The summed E-state index contributed by atoms with van der Waals surface area (Å²) in [6.07, 6.45) is -1.40. The normalized spacial score (nSPS) is 9.38. The van der Waals surface area contributed by atoms with Crippen molar-refractivity contribution >= 4 is 12.0 Å². The molecule has 7 heteroatoms. The van der Waals surface area contributed by atoms with Crippen molar-refractivity contribution in [3.8, 4) is 5.75 Å². The molecule has 2 amide bonds. The number of ether oxygens (including phenoxy) is 1. The molecule has 0 saturated carbocycles. The van der Waals surface area contributed by atoms with E-state index >= 15 is 0 Å². The molecule has 6 nitrogen and oxygen atoms in total.